The Hall–Kier alpha value is -3.47. The van der Waals surface area contributed by atoms with Gasteiger partial charge in [-0.05, 0) is 42.2 Å². The Bertz CT molecular complexity index is 989. The minimum absolute atomic E-state index is 0.135. The number of nitrogens with zero attached hydrogens (tertiary/aromatic N) is 2. The number of benzene rings is 2. The smallest absolute Gasteiger partial charge is 0.239 e. The number of hydrogen-bond acceptors (Lipinski definition) is 3. The molecule has 1 saturated heterocycles. The van der Waals surface area contributed by atoms with Crippen molar-refractivity contribution in [2.75, 3.05) is 11.4 Å². The van der Waals surface area contributed by atoms with Crippen LogP contribution in [-0.4, -0.2) is 23.3 Å². The number of hydrogen-bond donors (Lipinski definition) is 1. The Kier molecular flexibility index (Phi) is 5.66. The van der Waals surface area contributed by atoms with Crippen molar-refractivity contribution in [2.24, 2.45) is 5.92 Å². The molecule has 1 atom stereocenters. The summed E-state index contributed by atoms with van der Waals surface area (Å²) in [6.07, 6.45) is 2.96. The molecule has 0 radical (unpaired) electrons. The van der Waals surface area contributed by atoms with Crippen LogP contribution < -0.4 is 10.2 Å². The second-order valence-electron chi connectivity index (χ2n) is 7.16. The number of anilines is 1. The van der Waals surface area contributed by atoms with E-state index in [4.69, 9.17) is 0 Å². The van der Waals surface area contributed by atoms with Crippen molar-refractivity contribution in [3.05, 3.63) is 95.8 Å². The Morgan fingerprint density at radius 3 is 2.55 bits per heavy atom. The van der Waals surface area contributed by atoms with Crippen molar-refractivity contribution in [2.45, 2.75) is 19.4 Å². The van der Waals surface area contributed by atoms with Crippen LogP contribution in [0.25, 0.3) is 0 Å². The van der Waals surface area contributed by atoms with Gasteiger partial charge in [0.2, 0.25) is 11.8 Å². The average Bonchev–Trinajstić information content (AvgIpc) is 3.15. The van der Waals surface area contributed by atoms with Crippen LogP contribution in [0.2, 0.25) is 0 Å². The van der Waals surface area contributed by atoms with E-state index in [1.807, 2.05) is 60.7 Å². The van der Waals surface area contributed by atoms with Gasteiger partial charge in [-0.3, -0.25) is 14.6 Å². The number of nitrogens with one attached hydrogen (secondary N) is 1. The summed E-state index contributed by atoms with van der Waals surface area (Å²) in [5.74, 6) is -1.02. The summed E-state index contributed by atoms with van der Waals surface area (Å²) in [5.41, 5.74) is 3.94. The third kappa shape index (κ3) is 4.35. The van der Waals surface area contributed by atoms with E-state index in [0.717, 1.165) is 23.4 Å². The molecule has 0 bridgehead atoms. The first-order valence-electron chi connectivity index (χ1n) is 9.83. The highest BCUT2D eigenvalue weighted by molar-refractivity contribution is 6.09. The minimum atomic E-state index is -0.650. The molecule has 2 amide bonds. The van der Waals surface area contributed by atoms with Crippen LogP contribution in [0, 0.1) is 5.92 Å². The number of para-hydroxylation sites is 1. The van der Waals surface area contributed by atoms with Gasteiger partial charge in [0.15, 0.2) is 0 Å². The van der Waals surface area contributed by atoms with Gasteiger partial charge in [-0.25, -0.2) is 0 Å². The fourth-order valence-corrected chi connectivity index (χ4v) is 3.71. The van der Waals surface area contributed by atoms with Crippen molar-refractivity contribution >= 4 is 17.5 Å². The maximum absolute atomic E-state index is 13.0. The Morgan fingerprint density at radius 1 is 1.00 bits per heavy atom. The zero-order chi connectivity index (χ0) is 20.1. The molecule has 1 fully saturated rings. The van der Waals surface area contributed by atoms with Gasteiger partial charge in [-0.2, -0.15) is 0 Å². The molecule has 0 aliphatic carbocycles. The van der Waals surface area contributed by atoms with Crippen molar-refractivity contribution in [1.29, 1.82) is 0 Å². The van der Waals surface area contributed by atoms with Crippen molar-refractivity contribution in [3.63, 3.8) is 0 Å². The quantitative estimate of drug-likeness (QED) is 0.662. The first-order chi connectivity index (χ1) is 14.2. The highest BCUT2D eigenvalue weighted by atomic mass is 16.2. The molecule has 5 heteroatoms. The molecule has 29 heavy (non-hydrogen) atoms. The monoisotopic (exact) mass is 385 g/mol. The minimum Gasteiger partial charge on any atom is -0.350 e. The summed E-state index contributed by atoms with van der Waals surface area (Å²) in [6, 6.07) is 23.7. The number of rotatable bonds is 6. The van der Waals surface area contributed by atoms with Gasteiger partial charge < -0.3 is 10.2 Å². The largest absolute Gasteiger partial charge is 0.350 e. The van der Waals surface area contributed by atoms with E-state index in [0.29, 0.717) is 19.5 Å². The topological polar surface area (TPSA) is 62.3 Å². The standard InChI is InChI=1S/C24H23N3O2/c28-23(26-17-20-11-6-7-14-25-20)21-13-15-27(24(21)29)22-12-5-4-10-19(22)16-18-8-2-1-3-9-18/h1-12,14,21H,13,15-17H2,(H,26,28). The number of carbonyl (C=O) groups excluding carboxylic acids is 2. The van der Waals surface area contributed by atoms with E-state index < -0.39 is 5.92 Å². The predicted molar refractivity (Wildman–Crippen MR) is 112 cm³/mol. The summed E-state index contributed by atoms with van der Waals surface area (Å²) in [7, 11) is 0. The molecule has 1 N–H and O–H groups in total. The third-order valence-corrected chi connectivity index (χ3v) is 5.21. The van der Waals surface area contributed by atoms with Gasteiger partial charge in [0, 0.05) is 18.4 Å². The Balaban J connectivity index is 1.46. The summed E-state index contributed by atoms with van der Waals surface area (Å²) in [6.45, 7) is 0.875. The molecule has 3 aromatic rings. The first kappa shape index (κ1) is 18.9. The number of aromatic nitrogens is 1. The van der Waals surface area contributed by atoms with Crippen LogP contribution in [-0.2, 0) is 22.6 Å². The summed E-state index contributed by atoms with van der Waals surface area (Å²) >= 11 is 0. The van der Waals surface area contributed by atoms with E-state index in [-0.39, 0.29) is 11.8 Å². The first-order valence-corrected chi connectivity index (χ1v) is 9.83. The summed E-state index contributed by atoms with van der Waals surface area (Å²) in [4.78, 5) is 31.6. The lowest BCUT2D eigenvalue weighted by molar-refractivity contribution is -0.132. The fraction of sp³-hybridized carbons (Fsp3) is 0.208. The molecule has 5 nitrogen and oxygen atoms in total. The van der Waals surface area contributed by atoms with E-state index in [2.05, 4.69) is 22.4 Å². The van der Waals surface area contributed by atoms with E-state index >= 15 is 0 Å². The van der Waals surface area contributed by atoms with E-state index in [1.54, 1.807) is 11.1 Å². The molecule has 4 rings (SSSR count). The molecular weight excluding hydrogens is 362 g/mol. The zero-order valence-corrected chi connectivity index (χ0v) is 16.1. The van der Waals surface area contributed by atoms with Gasteiger partial charge in [0.25, 0.3) is 0 Å². The van der Waals surface area contributed by atoms with Crippen LogP contribution >= 0.6 is 0 Å². The summed E-state index contributed by atoms with van der Waals surface area (Å²) < 4.78 is 0. The van der Waals surface area contributed by atoms with Gasteiger partial charge in [0.05, 0.1) is 12.2 Å². The van der Waals surface area contributed by atoms with E-state index in [1.165, 1.54) is 5.56 Å². The lowest BCUT2D eigenvalue weighted by Gasteiger charge is -2.20. The van der Waals surface area contributed by atoms with Gasteiger partial charge >= 0.3 is 0 Å². The van der Waals surface area contributed by atoms with Crippen LogP contribution in [0.3, 0.4) is 0 Å². The molecule has 0 saturated carbocycles. The van der Waals surface area contributed by atoms with Crippen LogP contribution in [0.15, 0.2) is 79.0 Å². The predicted octanol–water partition coefficient (Wildman–Crippen LogP) is 3.34. The Morgan fingerprint density at radius 2 is 1.76 bits per heavy atom. The molecule has 0 spiro atoms. The molecule has 1 aliphatic heterocycles. The molecule has 146 valence electrons. The molecular formula is C24H23N3O2. The highest BCUT2D eigenvalue weighted by Crippen LogP contribution is 2.29. The average molecular weight is 385 g/mol. The SMILES string of the molecule is O=C(NCc1ccccn1)C1CCN(c2ccccc2Cc2ccccc2)C1=O. The van der Waals surface area contributed by atoms with Crippen molar-refractivity contribution < 1.29 is 9.59 Å². The second-order valence-corrected chi connectivity index (χ2v) is 7.16. The molecule has 1 aliphatic rings. The zero-order valence-electron chi connectivity index (χ0n) is 16.1. The van der Waals surface area contributed by atoms with Gasteiger partial charge in [-0.1, -0.05) is 54.6 Å². The molecule has 1 aromatic heterocycles. The lowest BCUT2D eigenvalue weighted by Crippen LogP contribution is -2.37. The maximum Gasteiger partial charge on any atom is 0.239 e. The second kappa shape index (κ2) is 8.69. The highest BCUT2D eigenvalue weighted by Gasteiger charge is 2.38. The lowest BCUT2D eigenvalue weighted by atomic mass is 10.0. The summed E-state index contributed by atoms with van der Waals surface area (Å²) in [5, 5.41) is 2.85. The number of carbonyl (C=O) groups is 2. The third-order valence-electron chi connectivity index (χ3n) is 5.21. The van der Waals surface area contributed by atoms with Crippen LogP contribution in [0.5, 0.6) is 0 Å². The van der Waals surface area contributed by atoms with Gasteiger partial charge in [-0.15, -0.1) is 0 Å². The van der Waals surface area contributed by atoms with Crippen molar-refractivity contribution in [3.8, 4) is 0 Å². The Labute approximate surface area is 170 Å². The molecule has 2 aromatic carbocycles. The normalized spacial score (nSPS) is 16.1. The molecule has 1 unspecified atom stereocenters. The van der Waals surface area contributed by atoms with Gasteiger partial charge in [0.1, 0.15) is 5.92 Å². The van der Waals surface area contributed by atoms with Crippen molar-refractivity contribution in [1.82, 2.24) is 10.3 Å². The maximum atomic E-state index is 13.0. The van der Waals surface area contributed by atoms with E-state index in [9.17, 15) is 9.59 Å². The number of amides is 2. The van der Waals surface area contributed by atoms with Crippen LogP contribution in [0.1, 0.15) is 23.2 Å². The van der Waals surface area contributed by atoms with Crippen LogP contribution in [0.4, 0.5) is 5.69 Å². The fourth-order valence-electron chi connectivity index (χ4n) is 3.71. The molecule has 2 heterocycles. The number of pyridine rings is 1.